The van der Waals surface area contributed by atoms with E-state index in [-0.39, 0.29) is 5.82 Å². The predicted octanol–water partition coefficient (Wildman–Crippen LogP) is 3.29. The molecule has 0 saturated carbocycles. The van der Waals surface area contributed by atoms with Gasteiger partial charge in [-0.1, -0.05) is 30.3 Å². The van der Waals surface area contributed by atoms with E-state index in [4.69, 9.17) is 5.73 Å². The molecular weight excluding hydrogens is 303 g/mol. The second-order valence-corrected chi connectivity index (χ2v) is 6.35. The first-order valence-corrected chi connectivity index (χ1v) is 8.61. The van der Waals surface area contributed by atoms with Gasteiger partial charge in [-0.3, -0.25) is 4.90 Å². The minimum Gasteiger partial charge on any atom is -0.396 e. The van der Waals surface area contributed by atoms with Crippen LogP contribution in [0.1, 0.15) is 25.3 Å². The van der Waals surface area contributed by atoms with Crippen molar-refractivity contribution in [2.45, 2.75) is 32.4 Å². The molecule has 1 fully saturated rings. The van der Waals surface area contributed by atoms with E-state index in [1.165, 1.54) is 17.8 Å². The molecule has 1 aliphatic heterocycles. The zero-order chi connectivity index (χ0) is 16.9. The molecule has 3 rings (SSSR count). The van der Waals surface area contributed by atoms with Gasteiger partial charge < -0.3 is 10.6 Å². The van der Waals surface area contributed by atoms with Crippen LogP contribution in [0.3, 0.4) is 0 Å². The predicted molar refractivity (Wildman–Crippen MR) is 96.4 cm³/mol. The van der Waals surface area contributed by atoms with E-state index in [0.717, 1.165) is 39.0 Å². The van der Waals surface area contributed by atoms with Crippen molar-refractivity contribution < 1.29 is 4.39 Å². The van der Waals surface area contributed by atoms with Gasteiger partial charge >= 0.3 is 0 Å². The van der Waals surface area contributed by atoms with E-state index in [1.807, 2.05) is 0 Å². The number of rotatable bonds is 5. The van der Waals surface area contributed by atoms with Crippen molar-refractivity contribution in [3.63, 3.8) is 0 Å². The maximum absolute atomic E-state index is 13.2. The van der Waals surface area contributed by atoms with Crippen molar-refractivity contribution >= 4 is 11.5 Å². The number of nitrogen functional groups attached to an aromatic ring is 1. The normalized spacial score (nSPS) is 16.2. The molecule has 2 heterocycles. The van der Waals surface area contributed by atoms with E-state index >= 15 is 0 Å². The van der Waals surface area contributed by atoms with Crippen LogP contribution in [0.4, 0.5) is 15.9 Å². The zero-order valence-corrected chi connectivity index (χ0v) is 14.2. The molecule has 2 aromatic rings. The Bertz CT molecular complexity index is 654. The number of nitrogens with zero attached hydrogens (tertiary/aromatic N) is 3. The standard InChI is InChI=1S/C19H25FN4/c1-2-24(19-18(21)12-16(20)13-22-19)17-8-10-23(11-9-17)14-15-6-4-3-5-7-15/h3-7,12-13,17H,2,8-11,14,21H2,1H3. The highest BCUT2D eigenvalue weighted by Gasteiger charge is 2.25. The third-order valence-corrected chi connectivity index (χ3v) is 4.72. The van der Waals surface area contributed by atoms with Crippen LogP contribution in [-0.4, -0.2) is 35.6 Å². The second kappa shape index (κ2) is 7.62. The van der Waals surface area contributed by atoms with Crippen LogP contribution < -0.4 is 10.6 Å². The number of pyridine rings is 1. The Kier molecular flexibility index (Phi) is 5.30. The maximum Gasteiger partial charge on any atom is 0.152 e. The summed E-state index contributed by atoms with van der Waals surface area (Å²) in [5.74, 6) is 0.324. The molecule has 5 heteroatoms. The number of aromatic nitrogens is 1. The van der Waals surface area contributed by atoms with Crippen LogP contribution in [0.25, 0.3) is 0 Å². The van der Waals surface area contributed by atoms with E-state index in [0.29, 0.717) is 17.5 Å². The first-order valence-electron chi connectivity index (χ1n) is 8.61. The van der Waals surface area contributed by atoms with Crippen LogP contribution in [0.15, 0.2) is 42.6 Å². The molecule has 0 atom stereocenters. The maximum atomic E-state index is 13.2. The molecule has 0 spiro atoms. The average molecular weight is 328 g/mol. The first kappa shape index (κ1) is 16.7. The molecule has 1 saturated heterocycles. The first-order chi connectivity index (χ1) is 11.7. The van der Waals surface area contributed by atoms with Crippen molar-refractivity contribution in [1.82, 2.24) is 9.88 Å². The quantitative estimate of drug-likeness (QED) is 0.915. The number of benzene rings is 1. The molecule has 1 aromatic heterocycles. The van der Waals surface area contributed by atoms with Crippen LogP contribution in [-0.2, 0) is 6.54 Å². The van der Waals surface area contributed by atoms with Crippen molar-refractivity contribution in [1.29, 1.82) is 0 Å². The summed E-state index contributed by atoms with van der Waals surface area (Å²) >= 11 is 0. The van der Waals surface area contributed by atoms with Crippen LogP contribution >= 0.6 is 0 Å². The van der Waals surface area contributed by atoms with E-state index in [1.54, 1.807) is 0 Å². The van der Waals surface area contributed by atoms with Gasteiger partial charge in [0, 0.05) is 38.3 Å². The lowest BCUT2D eigenvalue weighted by molar-refractivity contribution is 0.201. The molecule has 0 bridgehead atoms. The molecular formula is C19H25FN4. The van der Waals surface area contributed by atoms with Crippen molar-refractivity contribution in [2.24, 2.45) is 0 Å². The molecule has 0 aliphatic carbocycles. The Labute approximate surface area is 143 Å². The van der Waals surface area contributed by atoms with Gasteiger partial charge in [0.15, 0.2) is 5.82 Å². The smallest absolute Gasteiger partial charge is 0.152 e. The van der Waals surface area contributed by atoms with Gasteiger partial charge in [-0.05, 0) is 25.3 Å². The molecule has 1 aliphatic rings. The number of hydrogen-bond donors (Lipinski definition) is 1. The third-order valence-electron chi connectivity index (χ3n) is 4.72. The van der Waals surface area contributed by atoms with Gasteiger partial charge in [0.1, 0.15) is 5.82 Å². The molecule has 128 valence electrons. The second-order valence-electron chi connectivity index (χ2n) is 6.35. The molecule has 0 unspecified atom stereocenters. The summed E-state index contributed by atoms with van der Waals surface area (Å²) in [6, 6.07) is 12.3. The van der Waals surface area contributed by atoms with E-state index in [2.05, 4.69) is 52.0 Å². The number of nitrogens with two attached hydrogens (primary N) is 1. The van der Waals surface area contributed by atoms with Crippen LogP contribution in [0, 0.1) is 5.82 Å². The minimum atomic E-state index is -0.384. The summed E-state index contributed by atoms with van der Waals surface area (Å²) in [4.78, 5) is 8.93. The zero-order valence-electron chi connectivity index (χ0n) is 14.2. The Morgan fingerprint density at radius 1 is 1.25 bits per heavy atom. The fourth-order valence-corrected chi connectivity index (χ4v) is 3.50. The SMILES string of the molecule is CCN(c1ncc(F)cc1N)C1CCN(Cc2ccccc2)CC1. The number of halogens is 1. The topological polar surface area (TPSA) is 45.4 Å². The monoisotopic (exact) mass is 328 g/mol. The lowest BCUT2D eigenvalue weighted by atomic mass is 10.0. The molecule has 2 N–H and O–H groups in total. The fourth-order valence-electron chi connectivity index (χ4n) is 3.50. The summed E-state index contributed by atoms with van der Waals surface area (Å²) in [6.07, 6.45) is 3.39. The number of hydrogen-bond acceptors (Lipinski definition) is 4. The summed E-state index contributed by atoms with van der Waals surface area (Å²) in [7, 11) is 0. The Balaban J connectivity index is 1.62. The average Bonchev–Trinajstić information content (AvgIpc) is 2.60. The van der Waals surface area contributed by atoms with Gasteiger partial charge in [-0.15, -0.1) is 0 Å². The molecule has 0 amide bonds. The highest BCUT2D eigenvalue weighted by molar-refractivity contribution is 5.62. The summed E-state index contributed by atoms with van der Waals surface area (Å²) < 4.78 is 13.2. The van der Waals surface area contributed by atoms with E-state index in [9.17, 15) is 4.39 Å². The highest BCUT2D eigenvalue weighted by Crippen LogP contribution is 2.27. The molecule has 24 heavy (non-hydrogen) atoms. The third kappa shape index (κ3) is 3.85. The Morgan fingerprint density at radius 3 is 2.58 bits per heavy atom. The van der Waals surface area contributed by atoms with Gasteiger partial charge in [0.2, 0.25) is 0 Å². The van der Waals surface area contributed by atoms with Crippen molar-refractivity contribution in [2.75, 3.05) is 30.3 Å². The molecule has 1 aromatic carbocycles. The van der Waals surface area contributed by atoms with Gasteiger partial charge in [0.25, 0.3) is 0 Å². The molecule has 0 radical (unpaired) electrons. The Morgan fingerprint density at radius 2 is 1.96 bits per heavy atom. The van der Waals surface area contributed by atoms with Crippen LogP contribution in [0.2, 0.25) is 0 Å². The largest absolute Gasteiger partial charge is 0.396 e. The summed E-state index contributed by atoms with van der Waals surface area (Å²) in [5, 5.41) is 0. The van der Waals surface area contributed by atoms with Crippen molar-refractivity contribution in [3.8, 4) is 0 Å². The number of likely N-dealkylation sites (tertiary alicyclic amines) is 1. The lowest BCUT2D eigenvalue weighted by Crippen LogP contribution is -2.45. The lowest BCUT2D eigenvalue weighted by Gasteiger charge is -2.39. The van der Waals surface area contributed by atoms with E-state index < -0.39 is 0 Å². The number of anilines is 2. The number of piperidine rings is 1. The summed E-state index contributed by atoms with van der Waals surface area (Å²) in [5.41, 5.74) is 7.75. The highest BCUT2D eigenvalue weighted by atomic mass is 19.1. The van der Waals surface area contributed by atoms with Gasteiger partial charge in [-0.2, -0.15) is 0 Å². The molecule has 4 nitrogen and oxygen atoms in total. The van der Waals surface area contributed by atoms with Crippen molar-refractivity contribution in [3.05, 3.63) is 54.0 Å². The Hall–Kier alpha value is -2.14. The van der Waals surface area contributed by atoms with Gasteiger partial charge in [0.05, 0.1) is 11.9 Å². The fraction of sp³-hybridized carbons (Fsp3) is 0.421. The minimum absolute atomic E-state index is 0.384. The van der Waals surface area contributed by atoms with Crippen LogP contribution in [0.5, 0.6) is 0 Å². The summed E-state index contributed by atoms with van der Waals surface area (Å²) in [6.45, 7) is 6.03. The van der Waals surface area contributed by atoms with Gasteiger partial charge in [-0.25, -0.2) is 9.37 Å².